The monoisotopic (exact) mass is 386 g/mol. The fourth-order valence-corrected chi connectivity index (χ4v) is 4.41. The molecule has 0 aliphatic heterocycles. The molecule has 6 heteroatoms. The standard InChI is InChI=1S/C21H26N2O3S/c22-27(25,26)20-12-5-4-11-19(20)17-10-6-7-16(13-14-17)15-23-21(24)18-8-2-1-3-9-18/h4-5,7,10-14,18H,1-3,6,8-9,15H2,(H,23,24)(H2,22,25,26). The number of benzene rings is 1. The van der Waals surface area contributed by atoms with Crippen LogP contribution in [0.4, 0.5) is 0 Å². The Morgan fingerprint density at radius 2 is 1.81 bits per heavy atom. The van der Waals surface area contributed by atoms with Crippen LogP contribution in [0.3, 0.4) is 0 Å². The van der Waals surface area contributed by atoms with Crippen LogP contribution >= 0.6 is 0 Å². The topological polar surface area (TPSA) is 89.3 Å². The third-order valence-electron chi connectivity index (χ3n) is 5.14. The number of primary sulfonamides is 1. The van der Waals surface area contributed by atoms with E-state index in [-0.39, 0.29) is 16.7 Å². The number of sulfonamides is 1. The summed E-state index contributed by atoms with van der Waals surface area (Å²) in [6.07, 6.45) is 14.0. The Kier molecular flexibility index (Phi) is 6.29. The number of carbonyl (C=O) groups is 1. The zero-order valence-corrected chi connectivity index (χ0v) is 16.2. The van der Waals surface area contributed by atoms with E-state index in [0.29, 0.717) is 18.5 Å². The minimum atomic E-state index is -3.79. The molecular formula is C21H26N2O3S. The van der Waals surface area contributed by atoms with Crippen molar-refractivity contribution >= 4 is 21.5 Å². The average molecular weight is 387 g/mol. The van der Waals surface area contributed by atoms with Crippen molar-refractivity contribution in [2.75, 3.05) is 6.54 Å². The van der Waals surface area contributed by atoms with Gasteiger partial charge in [-0.2, -0.15) is 0 Å². The van der Waals surface area contributed by atoms with Crippen LogP contribution < -0.4 is 10.5 Å². The van der Waals surface area contributed by atoms with E-state index in [2.05, 4.69) is 5.32 Å². The Bertz CT molecular complexity index is 892. The van der Waals surface area contributed by atoms with Gasteiger partial charge < -0.3 is 5.32 Å². The van der Waals surface area contributed by atoms with Gasteiger partial charge in [-0.1, -0.05) is 61.8 Å². The van der Waals surface area contributed by atoms with Crippen molar-refractivity contribution in [3.8, 4) is 0 Å². The first kappa shape index (κ1) is 19.6. The van der Waals surface area contributed by atoms with E-state index in [1.54, 1.807) is 18.2 Å². The smallest absolute Gasteiger partial charge is 0.238 e. The third-order valence-corrected chi connectivity index (χ3v) is 6.11. The normalized spacial score (nSPS) is 18.4. The number of carbonyl (C=O) groups excluding carboxylic acids is 1. The average Bonchev–Trinajstić information content (AvgIpc) is 2.92. The number of allylic oxidation sites excluding steroid dienone is 4. The molecule has 3 N–H and O–H groups in total. The van der Waals surface area contributed by atoms with Crippen LogP contribution in [-0.2, 0) is 14.8 Å². The van der Waals surface area contributed by atoms with Gasteiger partial charge in [0.15, 0.2) is 0 Å². The van der Waals surface area contributed by atoms with Crippen molar-refractivity contribution in [1.82, 2.24) is 5.32 Å². The molecular weight excluding hydrogens is 360 g/mol. The highest BCUT2D eigenvalue weighted by atomic mass is 32.2. The van der Waals surface area contributed by atoms with Crippen molar-refractivity contribution in [3.05, 3.63) is 59.7 Å². The molecule has 2 aliphatic carbocycles. The minimum absolute atomic E-state index is 0.120. The fraction of sp³-hybridized carbons (Fsp3) is 0.381. The third kappa shape index (κ3) is 5.17. The van der Waals surface area contributed by atoms with Crippen LogP contribution in [0.15, 0.2) is 59.0 Å². The summed E-state index contributed by atoms with van der Waals surface area (Å²) in [6, 6.07) is 6.73. The van der Waals surface area contributed by atoms with Crippen molar-refractivity contribution < 1.29 is 13.2 Å². The predicted molar refractivity (Wildman–Crippen MR) is 107 cm³/mol. The number of hydrogen-bond donors (Lipinski definition) is 2. The number of rotatable bonds is 5. The van der Waals surface area contributed by atoms with E-state index < -0.39 is 10.0 Å². The van der Waals surface area contributed by atoms with E-state index in [1.165, 1.54) is 12.5 Å². The molecule has 0 heterocycles. The summed E-state index contributed by atoms with van der Waals surface area (Å²) in [5.74, 6) is 0.283. The van der Waals surface area contributed by atoms with Gasteiger partial charge in [0.25, 0.3) is 0 Å². The number of nitrogens with one attached hydrogen (secondary N) is 1. The summed E-state index contributed by atoms with van der Waals surface area (Å²) in [6.45, 7) is 0.490. The molecule has 0 unspecified atom stereocenters. The number of nitrogens with two attached hydrogens (primary N) is 1. The molecule has 0 saturated heterocycles. The molecule has 0 aromatic heterocycles. The van der Waals surface area contributed by atoms with Gasteiger partial charge in [0.05, 0.1) is 4.90 Å². The summed E-state index contributed by atoms with van der Waals surface area (Å²) >= 11 is 0. The molecule has 0 bridgehead atoms. The predicted octanol–water partition coefficient (Wildman–Crippen LogP) is 3.30. The van der Waals surface area contributed by atoms with Crippen LogP contribution in [0.25, 0.3) is 5.57 Å². The lowest BCUT2D eigenvalue weighted by Gasteiger charge is -2.20. The van der Waals surface area contributed by atoms with Gasteiger partial charge in [-0.25, -0.2) is 13.6 Å². The summed E-state index contributed by atoms with van der Waals surface area (Å²) in [7, 11) is -3.79. The first-order chi connectivity index (χ1) is 12.9. The molecule has 0 atom stereocenters. The molecule has 5 nitrogen and oxygen atoms in total. The summed E-state index contributed by atoms with van der Waals surface area (Å²) in [5.41, 5.74) is 2.42. The highest BCUT2D eigenvalue weighted by molar-refractivity contribution is 7.89. The fourth-order valence-electron chi connectivity index (χ4n) is 3.65. The molecule has 2 aliphatic rings. The van der Waals surface area contributed by atoms with Gasteiger partial charge in [-0.05, 0) is 36.5 Å². The van der Waals surface area contributed by atoms with Crippen LogP contribution in [0.2, 0.25) is 0 Å². The second kappa shape index (κ2) is 8.67. The first-order valence-electron chi connectivity index (χ1n) is 9.42. The van der Waals surface area contributed by atoms with Crippen LogP contribution in [0.5, 0.6) is 0 Å². The van der Waals surface area contributed by atoms with Crippen molar-refractivity contribution in [2.24, 2.45) is 11.1 Å². The van der Waals surface area contributed by atoms with Gasteiger partial charge in [0, 0.05) is 18.0 Å². The second-order valence-corrected chi connectivity index (χ2v) is 8.63. The molecule has 1 amide bonds. The summed E-state index contributed by atoms with van der Waals surface area (Å²) in [4.78, 5) is 12.4. The first-order valence-corrected chi connectivity index (χ1v) is 11.0. The Labute approximate surface area is 161 Å². The molecule has 1 saturated carbocycles. The van der Waals surface area contributed by atoms with E-state index in [0.717, 1.165) is 36.8 Å². The Morgan fingerprint density at radius 3 is 2.56 bits per heavy atom. The zero-order valence-electron chi connectivity index (χ0n) is 15.4. The van der Waals surface area contributed by atoms with E-state index in [4.69, 9.17) is 5.14 Å². The van der Waals surface area contributed by atoms with Crippen molar-refractivity contribution in [3.63, 3.8) is 0 Å². The van der Waals surface area contributed by atoms with Gasteiger partial charge in [0.2, 0.25) is 15.9 Å². The van der Waals surface area contributed by atoms with E-state index in [1.807, 2.05) is 24.3 Å². The molecule has 144 valence electrons. The van der Waals surface area contributed by atoms with Crippen molar-refractivity contribution in [2.45, 2.75) is 43.4 Å². The van der Waals surface area contributed by atoms with Gasteiger partial charge in [-0.3, -0.25) is 4.79 Å². The lowest BCUT2D eigenvalue weighted by atomic mass is 9.88. The summed E-state index contributed by atoms with van der Waals surface area (Å²) in [5, 5.41) is 8.39. The maximum Gasteiger partial charge on any atom is 0.238 e. The summed E-state index contributed by atoms with van der Waals surface area (Å²) < 4.78 is 23.7. The van der Waals surface area contributed by atoms with Crippen LogP contribution in [-0.4, -0.2) is 20.9 Å². The molecule has 1 fully saturated rings. The molecule has 3 rings (SSSR count). The van der Waals surface area contributed by atoms with Crippen molar-refractivity contribution in [1.29, 1.82) is 0 Å². The molecule has 0 radical (unpaired) electrons. The van der Waals surface area contributed by atoms with Crippen LogP contribution in [0.1, 0.15) is 44.1 Å². The molecule has 1 aromatic rings. The Morgan fingerprint density at radius 1 is 1.07 bits per heavy atom. The Hall–Kier alpha value is -2.18. The largest absolute Gasteiger partial charge is 0.352 e. The number of hydrogen-bond acceptors (Lipinski definition) is 3. The maximum absolute atomic E-state index is 12.3. The Balaban J connectivity index is 1.66. The lowest BCUT2D eigenvalue weighted by molar-refractivity contribution is -0.125. The van der Waals surface area contributed by atoms with Gasteiger partial charge >= 0.3 is 0 Å². The highest BCUT2D eigenvalue weighted by Gasteiger charge is 2.21. The minimum Gasteiger partial charge on any atom is -0.352 e. The molecule has 1 aromatic carbocycles. The SMILES string of the molecule is NS(=O)(=O)c1ccccc1C1=CCC=C(CNC(=O)C2CCCCC2)C=C1. The number of amides is 1. The molecule has 27 heavy (non-hydrogen) atoms. The van der Waals surface area contributed by atoms with Crippen LogP contribution in [0, 0.1) is 5.92 Å². The quantitative estimate of drug-likeness (QED) is 0.814. The van der Waals surface area contributed by atoms with Gasteiger partial charge in [0.1, 0.15) is 0 Å². The molecule has 0 spiro atoms. The highest BCUT2D eigenvalue weighted by Crippen LogP contribution is 2.26. The second-order valence-electron chi connectivity index (χ2n) is 7.10. The van der Waals surface area contributed by atoms with E-state index in [9.17, 15) is 13.2 Å². The van der Waals surface area contributed by atoms with E-state index >= 15 is 0 Å². The lowest BCUT2D eigenvalue weighted by Crippen LogP contribution is -2.33. The van der Waals surface area contributed by atoms with Gasteiger partial charge in [-0.15, -0.1) is 0 Å². The zero-order chi connectivity index (χ0) is 19.3. The maximum atomic E-state index is 12.3.